The van der Waals surface area contributed by atoms with Gasteiger partial charge in [0.1, 0.15) is 5.56 Å². The van der Waals surface area contributed by atoms with Gasteiger partial charge in [-0.2, -0.15) is 5.10 Å². The fourth-order valence-corrected chi connectivity index (χ4v) is 1.50. The van der Waals surface area contributed by atoms with Crippen molar-refractivity contribution in [1.82, 2.24) is 15.4 Å². The van der Waals surface area contributed by atoms with Gasteiger partial charge in [-0.1, -0.05) is 36.4 Å². The Kier molecular flexibility index (Phi) is 4.60. The lowest BCUT2D eigenvalue weighted by Gasteiger charge is -1.96. The molecular formula is C14H12N4O3. The summed E-state index contributed by atoms with van der Waals surface area (Å²) < 4.78 is 0. The molecule has 7 nitrogen and oxygen atoms in total. The van der Waals surface area contributed by atoms with Gasteiger partial charge in [0.05, 0.1) is 0 Å². The molecule has 0 bridgehead atoms. The summed E-state index contributed by atoms with van der Waals surface area (Å²) in [5, 5.41) is 3.67. The number of rotatable bonds is 4. The maximum absolute atomic E-state index is 11.6. The summed E-state index contributed by atoms with van der Waals surface area (Å²) in [5.74, 6) is -0.711. The van der Waals surface area contributed by atoms with Crippen molar-refractivity contribution in [3.63, 3.8) is 0 Å². The normalized spacial score (nSPS) is 11.0. The number of carbonyl (C=O) groups excluding carboxylic acids is 1. The Morgan fingerprint density at radius 3 is 2.67 bits per heavy atom. The highest BCUT2D eigenvalue weighted by molar-refractivity contribution is 5.94. The highest BCUT2D eigenvalue weighted by atomic mass is 16.2. The second kappa shape index (κ2) is 6.80. The van der Waals surface area contributed by atoms with E-state index in [9.17, 15) is 14.4 Å². The Morgan fingerprint density at radius 2 is 1.95 bits per heavy atom. The minimum atomic E-state index is -0.772. The molecule has 2 aromatic rings. The van der Waals surface area contributed by atoms with Crippen molar-refractivity contribution in [2.75, 3.05) is 0 Å². The van der Waals surface area contributed by atoms with Crippen LogP contribution in [0.1, 0.15) is 15.9 Å². The van der Waals surface area contributed by atoms with Gasteiger partial charge in [0.15, 0.2) is 0 Å². The van der Waals surface area contributed by atoms with E-state index in [2.05, 4.69) is 15.5 Å². The fraction of sp³-hybridized carbons (Fsp3) is 0. The van der Waals surface area contributed by atoms with E-state index < -0.39 is 17.2 Å². The highest BCUT2D eigenvalue weighted by Gasteiger charge is 2.09. The molecule has 1 heterocycles. The van der Waals surface area contributed by atoms with E-state index in [1.165, 1.54) is 6.21 Å². The number of carbonyl (C=O) groups is 1. The Morgan fingerprint density at radius 1 is 1.19 bits per heavy atom. The van der Waals surface area contributed by atoms with Gasteiger partial charge in [-0.3, -0.25) is 14.6 Å². The van der Waals surface area contributed by atoms with E-state index in [1.54, 1.807) is 6.08 Å². The molecule has 0 aliphatic rings. The summed E-state index contributed by atoms with van der Waals surface area (Å²) in [6.45, 7) is 0. The number of hydrogen-bond donors (Lipinski definition) is 3. The maximum atomic E-state index is 11.6. The standard InChI is InChI=1S/C14H12N4O3/c19-12-11(9-15-14(21)17-12)13(20)18-16-8-4-7-10-5-2-1-3-6-10/h1-9H,(H,18,20)(H2,15,17,19,21). The number of nitrogens with zero attached hydrogens (tertiary/aromatic N) is 1. The Bertz CT molecular complexity index is 788. The van der Waals surface area contributed by atoms with Crippen molar-refractivity contribution in [2.45, 2.75) is 0 Å². The Labute approximate surface area is 119 Å². The lowest BCUT2D eigenvalue weighted by Crippen LogP contribution is -2.31. The first kappa shape index (κ1) is 14.2. The molecule has 0 aliphatic carbocycles. The smallest absolute Gasteiger partial charge is 0.313 e. The van der Waals surface area contributed by atoms with Gasteiger partial charge >= 0.3 is 5.69 Å². The van der Waals surface area contributed by atoms with Crippen molar-refractivity contribution >= 4 is 18.2 Å². The minimum absolute atomic E-state index is 0.223. The molecule has 0 spiro atoms. The predicted octanol–water partition coefficient (Wildman–Crippen LogP) is 0.492. The van der Waals surface area contributed by atoms with Gasteiger partial charge in [0, 0.05) is 12.4 Å². The average molecular weight is 284 g/mol. The zero-order chi connectivity index (χ0) is 15.1. The topological polar surface area (TPSA) is 107 Å². The fourth-order valence-electron chi connectivity index (χ4n) is 1.50. The van der Waals surface area contributed by atoms with Crippen LogP contribution in [0.4, 0.5) is 0 Å². The van der Waals surface area contributed by atoms with E-state index in [0.717, 1.165) is 11.8 Å². The van der Waals surface area contributed by atoms with E-state index in [0.29, 0.717) is 0 Å². The molecule has 0 atom stereocenters. The maximum Gasteiger partial charge on any atom is 0.325 e. The van der Waals surface area contributed by atoms with Crippen LogP contribution in [0, 0.1) is 0 Å². The first-order chi connectivity index (χ1) is 10.2. The van der Waals surface area contributed by atoms with Crippen LogP contribution in [0.3, 0.4) is 0 Å². The van der Waals surface area contributed by atoms with Crippen molar-refractivity contribution in [3.8, 4) is 0 Å². The Hall–Kier alpha value is -3.22. The van der Waals surface area contributed by atoms with Crippen molar-refractivity contribution < 1.29 is 4.79 Å². The molecule has 1 aromatic carbocycles. The molecule has 0 fully saturated rings. The minimum Gasteiger partial charge on any atom is -0.313 e. The molecular weight excluding hydrogens is 272 g/mol. The van der Waals surface area contributed by atoms with Crippen LogP contribution in [-0.4, -0.2) is 22.1 Å². The molecule has 106 valence electrons. The van der Waals surface area contributed by atoms with Gasteiger partial charge in [0.2, 0.25) is 0 Å². The van der Waals surface area contributed by atoms with Crippen molar-refractivity contribution in [1.29, 1.82) is 0 Å². The van der Waals surface area contributed by atoms with Crippen LogP contribution in [-0.2, 0) is 0 Å². The van der Waals surface area contributed by atoms with Crippen LogP contribution < -0.4 is 16.7 Å². The summed E-state index contributed by atoms with van der Waals surface area (Å²) in [5.41, 5.74) is 1.51. The lowest BCUT2D eigenvalue weighted by atomic mass is 10.2. The first-order valence-corrected chi connectivity index (χ1v) is 6.04. The third-order valence-electron chi connectivity index (χ3n) is 2.48. The summed E-state index contributed by atoms with van der Waals surface area (Å²) >= 11 is 0. The molecule has 1 aromatic heterocycles. The summed E-state index contributed by atoms with van der Waals surface area (Å²) in [7, 11) is 0. The molecule has 0 unspecified atom stereocenters. The van der Waals surface area contributed by atoms with E-state index >= 15 is 0 Å². The third-order valence-corrected chi connectivity index (χ3v) is 2.48. The Balaban J connectivity index is 1.95. The first-order valence-electron chi connectivity index (χ1n) is 6.04. The molecule has 0 radical (unpaired) electrons. The predicted molar refractivity (Wildman–Crippen MR) is 79.1 cm³/mol. The lowest BCUT2D eigenvalue weighted by molar-refractivity contribution is 0.0953. The van der Waals surface area contributed by atoms with Gasteiger partial charge in [-0.05, 0) is 11.6 Å². The number of allylic oxidation sites excluding steroid dienone is 1. The average Bonchev–Trinajstić information content (AvgIpc) is 2.47. The van der Waals surface area contributed by atoms with E-state index in [1.807, 2.05) is 41.4 Å². The number of hydrogen-bond acceptors (Lipinski definition) is 4. The van der Waals surface area contributed by atoms with E-state index in [4.69, 9.17) is 0 Å². The zero-order valence-electron chi connectivity index (χ0n) is 10.9. The number of hydrazone groups is 1. The van der Waals surface area contributed by atoms with Crippen LogP contribution >= 0.6 is 0 Å². The van der Waals surface area contributed by atoms with Crippen molar-refractivity contribution in [2.24, 2.45) is 5.10 Å². The van der Waals surface area contributed by atoms with Crippen LogP contribution in [0.2, 0.25) is 0 Å². The monoisotopic (exact) mass is 284 g/mol. The molecule has 7 heteroatoms. The molecule has 1 amide bonds. The number of aromatic nitrogens is 2. The zero-order valence-corrected chi connectivity index (χ0v) is 10.9. The quantitative estimate of drug-likeness (QED) is 0.561. The van der Waals surface area contributed by atoms with Gasteiger partial charge in [-0.15, -0.1) is 0 Å². The third kappa shape index (κ3) is 4.13. The number of amides is 1. The molecule has 3 N–H and O–H groups in total. The molecule has 21 heavy (non-hydrogen) atoms. The second-order valence-electron chi connectivity index (χ2n) is 3.97. The number of aromatic amines is 2. The highest BCUT2D eigenvalue weighted by Crippen LogP contribution is 1.99. The number of nitrogens with one attached hydrogen (secondary N) is 3. The van der Waals surface area contributed by atoms with Crippen LogP contribution in [0.5, 0.6) is 0 Å². The summed E-state index contributed by atoms with van der Waals surface area (Å²) in [4.78, 5) is 37.9. The van der Waals surface area contributed by atoms with Crippen molar-refractivity contribution in [3.05, 3.63) is 74.6 Å². The number of benzene rings is 1. The second-order valence-corrected chi connectivity index (χ2v) is 3.97. The molecule has 2 rings (SSSR count). The molecule has 0 aliphatic heterocycles. The SMILES string of the molecule is O=C(NN=CC=Cc1ccccc1)c1c[nH]c(=O)[nH]c1=O. The summed E-state index contributed by atoms with van der Waals surface area (Å²) in [6, 6.07) is 9.56. The number of H-pyrrole nitrogens is 2. The van der Waals surface area contributed by atoms with E-state index in [-0.39, 0.29) is 5.56 Å². The molecule has 0 saturated heterocycles. The molecule has 0 saturated carbocycles. The van der Waals surface area contributed by atoms with Gasteiger partial charge in [-0.25, -0.2) is 10.2 Å². The summed E-state index contributed by atoms with van der Waals surface area (Å²) in [6.07, 6.45) is 5.87. The van der Waals surface area contributed by atoms with Gasteiger partial charge < -0.3 is 4.98 Å². The largest absolute Gasteiger partial charge is 0.325 e. The van der Waals surface area contributed by atoms with Crippen LogP contribution in [0.25, 0.3) is 6.08 Å². The van der Waals surface area contributed by atoms with Gasteiger partial charge in [0.25, 0.3) is 11.5 Å². The van der Waals surface area contributed by atoms with Crippen LogP contribution in [0.15, 0.2) is 57.3 Å².